The lowest BCUT2D eigenvalue weighted by Crippen LogP contribution is -2.49. The summed E-state index contributed by atoms with van der Waals surface area (Å²) in [6.45, 7) is 8.79. The van der Waals surface area contributed by atoms with Gasteiger partial charge in [0.25, 0.3) is 0 Å². The SMILES string of the molecule is COCC(O)CN(C)C1CC(C(C)(C)C)CCC1CN. The van der Waals surface area contributed by atoms with E-state index >= 15 is 0 Å². The Kier molecular flexibility index (Phi) is 6.92. The van der Waals surface area contributed by atoms with Crippen LogP contribution in [0.4, 0.5) is 0 Å². The largest absolute Gasteiger partial charge is 0.389 e. The van der Waals surface area contributed by atoms with Gasteiger partial charge in [-0.15, -0.1) is 0 Å². The van der Waals surface area contributed by atoms with Crippen molar-refractivity contribution in [3.8, 4) is 0 Å². The van der Waals surface area contributed by atoms with Crippen LogP contribution in [0.15, 0.2) is 0 Å². The lowest BCUT2D eigenvalue weighted by atomic mass is 9.67. The van der Waals surface area contributed by atoms with E-state index in [2.05, 4.69) is 32.7 Å². The highest BCUT2D eigenvalue weighted by atomic mass is 16.5. The quantitative estimate of drug-likeness (QED) is 0.780. The number of aliphatic hydroxyl groups is 1. The van der Waals surface area contributed by atoms with Crippen LogP contribution in [0.3, 0.4) is 0 Å². The third kappa shape index (κ3) is 4.99. The van der Waals surface area contributed by atoms with Gasteiger partial charge in [-0.05, 0) is 50.1 Å². The van der Waals surface area contributed by atoms with E-state index in [9.17, 15) is 5.11 Å². The third-order valence-electron chi connectivity index (χ3n) is 4.91. The van der Waals surface area contributed by atoms with Gasteiger partial charge in [-0.3, -0.25) is 0 Å². The molecule has 3 N–H and O–H groups in total. The molecule has 4 atom stereocenters. The van der Waals surface area contributed by atoms with Crippen LogP contribution in [0.25, 0.3) is 0 Å². The number of methoxy groups -OCH3 is 1. The van der Waals surface area contributed by atoms with E-state index in [1.807, 2.05) is 0 Å². The van der Waals surface area contributed by atoms with Crippen molar-refractivity contribution in [3.05, 3.63) is 0 Å². The zero-order valence-electron chi connectivity index (χ0n) is 13.9. The summed E-state index contributed by atoms with van der Waals surface area (Å²) in [4.78, 5) is 2.29. The summed E-state index contributed by atoms with van der Waals surface area (Å²) in [6.07, 6.45) is 3.24. The molecule has 0 spiro atoms. The zero-order chi connectivity index (χ0) is 15.3. The second kappa shape index (κ2) is 7.74. The van der Waals surface area contributed by atoms with Gasteiger partial charge < -0.3 is 20.5 Å². The summed E-state index contributed by atoms with van der Waals surface area (Å²) < 4.78 is 5.02. The second-order valence-corrected chi connectivity index (χ2v) is 7.49. The van der Waals surface area contributed by atoms with Gasteiger partial charge in [0, 0.05) is 19.7 Å². The number of hydrogen-bond donors (Lipinski definition) is 2. The molecule has 4 unspecified atom stereocenters. The number of ether oxygens (including phenoxy) is 1. The predicted octanol–water partition coefficient (Wildman–Crippen LogP) is 1.72. The Morgan fingerprint density at radius 2 is 2.00 bits per heavy atom. The molecule has 0 bridgehead atoms. The van der Waals surface area contributed by atoms with Gasteiger partial charge in [0.05, 0.1) is 12.7 Å². The Balaban J connectivity index is 2.66. The first-order chi connectivity index (χ1) is 9.29. The maximum absolute atomic E-state index is 9.94. The van der Waals surface area contributed by atoms with Gasteiger partial charge in [-0.2, -0.15) is 0 Å². The zero-order valence-corrected chi connectivity index (χ0v) is 13.9. The van der Waals surface area contributed by atoms with E-state index in [-0.39, 0.29) is 0 Å². The van der Waals surface area contributed by atoms with Crippen LogP contribution >= 0.6 is 0 Å². The first-order valence-electron chi connectivity index (χ1n) is 7.86. The fraction of sp³-hybridized carbons (Fsp3) is 1.00. The van der Waals surface area contributed by atoms with Crippen LogP contribution in [0, 0.1) is 17.3 Å². The highest BCUT2D eigenvalue weighted by Gasteiger charge is 2.37. The molecule has 0 aromatic heterocycles. The minimum absolute atomic E-state index is 0.351. The molecule has 0 heterocycles. The van der Waals surface area contributed by atoms with Crippen LogP contribution in [0.1, 0.15) is 40.0 Å². The molecule has 120 valence electrons. The Morgan fingerprint density at radius 1 is 1.35 bits per heavy atom. The van der Waals surface area contributed by atoms with Gasteiger partial charge in [0.1, 0.15) is 0 Å². The second-order valence-electron chi connectivity index (χ2n) is 7.49. The molecule has 0 aliphatic heterocycles. The third-order valence-corrected chi connectivity index (χ3v) is 4.91. The minimum atomic E-state index is -0.418. The molecular weight excluding hydrogens is 252 g/mol. The number of likely N-dealkylation sites (N-methyl/N-ethyl adjacent to an activating group) is 1. The molecule has 1 aliphatic rings. The Bertz CT molecular complexity index is 278. The lowest BCUT2D eigenvalue weighted by Gasteiger charge is -2.45. The summed E-state index contributed by atoms with van der Waals surface area (Å²) in [5.41, 5.74) is 6.31. The van der Waals surface area contributed by atoms with E-state index in [1.54, 1.807) is 7.11 Å². The van der Waals surface area contributed by atoms with Crippen molar-refractivity contribution in [1.82, 2.24) is 4.90 Å². The molecule has 20 heavy (non-hydrogen) atoms. The maximum Gasteiger partial charge on any atom is 0.0900 e. The number of rotatable bonds is 6. The number of nitrogens with two attached hydrogens (primary N) is 1. The molecule has 0 aromatic rings. The van der Waals surface area contributed by atoms with Crippen molar-refractivity contribution in [2.75, 3.05) is 33.9 Å². The summed E-state index contributed by atoms with van der Waals surface area (Å²) >= 11 is 0. The van der Waals surface area contributed by atoms with Crippen molar-refractivity contribution in [2.45, 2.75) is 52.2 Å². The molecule has 4 nitrogen and oxygen atoms in total. The average molecular weight is 286 g/mol. The summed E-state index contributed by atoms with van der Waals surface area (Å²) in [5, 5.41) is 9.94. The fourth-order valence-electron chi connectivity index (χ4n) is 3.52. The van der Waals surface area contributed by atoms with Crippen molar-refractivity contribution >= 4 is 0 Å². The highest BCUT2D eigenvalue weighted by Crippen LogP contribution is 2.41. The summed E-state index contributed by atoms with van der Waals surface area (Å²) in [5.74, 6) is 1.28. The van der Waals surface area contributed by atoms with Crippen LogP contribution in [-0.4, -0.2) is 56.0 Å². The molecule has 0 aromatic carbocycles. The van der Waals surface area contributed by atoms with E-state index < -0.39 is 6.10 Å². The smallest absolute Gasteiger partial charge is 0.0900 e. The van der Waals surface area contributed by atoms with Crippen molar-refractivity contribution < 1.29 is 9.84 Å². The lowest BCUT2D eigenvalue weighted by molar-refractivity contribution is 0.00523. The molecular formula is C16H34N2O2. The first-order valence-corrected chi connectivity index (χ1v) is 7.86. The highest BCUT2D eigenvalue weighted by molar-refractivity contribution is 4.90. The Hall–Kier alpha value is -0.160. The van der Waals surface area contributed by atoms with E-state index in [0.717, 1.165) is 12.5 Å². The Labute approximate surface area is 124 Å². The minimum Gasteiger partial charge on any atom is -0.389 e. The molecule has 0 radical (unpaired) electrons. The van der Waals surface area contributed by atoms with Crippen LogP contribution in [0.2, 0.25) is 0 Å². The van der Waals surface area contributed by atoms with Crippen LogP contribution in [-0.2, 0) is 4.74 Å². The van der Waals surface area contributed by atoms with Gasteiger partial charge in [0.15, 0.2) is 0 Å². The monoisotopic (exact) mass is 286 g/mol. The molecule has 0 amide bonds. The van der Waals surface area contributed by atoms with Crippen LogP contribution < -0.4 is 5.73 Å². The standard InChI is InChI=1S/C16H34N2O2/c1-16(2,3)13-7-6-12(9-17)15(8-13)18(4)10-14(19)11-20-5/h12-15,19H,6-11,17H2,1-5H3. The van der Waals surface area contributed by atoms with Crippen molar-refractivity contribution in [2.24, 2.45) is 23.0 Å². The topological polar surface area (TPSA) is 58.7 Å². The fourth-order valence-corrected chi connectivity index (χ4v) is 3.52. The number of hydrogen-bond acceptors (Lipinski definition) is 4. The van der Waals surface area contributed by atoms with Crippen molar-refractivity contribution in [3.63, 3.8) is 0 Å². The van der Waals surface area contributed by atoms with Crippen LogP contribution in [0.5, 0.6) is 0 Å². The van der Waals surface area contributed by atoms with E-state index in [4.69, 9.17) is 10.5 Å². The molecule has 1 saturated carbocycles. The normalized spacial score (nSPS) is 29.7. The number of nitrogens with zero attached hydrogens (tertiary/aromatic N) is 1. The molecule has 0 saturated heterocycles. The molecule has 1 rings (SSSR count). The van der Waals surface area contributed by atoms with Gasteiger partial charge >= 0.3 is 0 Å². The average Bonchev–Trinajstić information content (AvgIpc) is 2.37. The van der Waals surface area contributed by atoms with Gasteiger partial charge in [-0.1, -0.05) is 20.8 Å². The molecule has 1 fully saturated rings. The summed E-state index contributed by atoms with van der Waals surface area (Å²) in [7, 11) is 3.74. The Morgan fingerprint density at radius 3 is 2.50 bits per heavy atom. The van der Waals surface area contributed by atoms with Gasteiger partial charge in [-0.25, -0.2) is 0 Å². The molecule has 4 heteroatoms. The first kappa shape index (κ1) is 17.9. The molecule has 1 aliphatic carbocycles. The van der Waals surface area contributed by atoms with E-state index in [1.165, 1.54) is 19.3 Å². The maximum atomic E-state index is 9.94. The van der Waals surface area contributed by atoms with Gasteiger partial charge in [0.2, 0.25) is 0 Å². The van der Waals surface area contributed by atoms with Crippen molar-refractivity contribution in [1.29, 1.82) is 0 Å². The summed E-state index contributed by atoms with van der Waals surface area (Å²) in [6, 6.07) is 0.476. The predicted molar refractivity (Wildman–Crippen MR) is 83.6 cm³/mol. The van der Waals surface area contributed by atoms with E-state index in [0.29, 0.717) is 30.5 Å². The number of aliphatic hydroxyl groups excluding tert-OH is 1.